The molecule has 2 heterocycles. The highest BCUT2D eigenvalue weighted by molar-refractivity contribution is 9.10. The lowest BCUT2D eigenvalue weighted by molar-refractivity contribution is 0.104. The molecule has 2 aromatic heterocycles. The van der Waals surface area contributed by atoms with E-state index < -0.39 is 0 Å². The fourth-order valence-corrected chi connectivity index (χ4v) is 1.71. The van der Waals surface area contributed by atoms with Gasteiger partial charge in [0.25, 0.3) is 0 Å². The van der Waals surface area contributed by atoms with Gasteiger partial charge in [-0.15, -0.1) is 0 Å². The van der Waals surface area contributed by atoms with Crippen molar-refractivity contribution in [3.05, 3.63) is 58.2 Å². The lowest BCUT2D eigenvalue weighted by Crippen LogP contribution is -1.94. The Morgan fingerprint density at radius 2 is 2.24 bits per heavy atom. The van der Waals surface area contributed by atoms with Gasteiger partial charge >= 0.3 is 0 Å². The number of rotatable bonds is 3. The standard InChI is InChI=1S/C13H10BrNO2/c1-9-2-3-12(17-9)4-5-13(16)10-6-11(14)8-15-7-10/h2-8H,1H3/b5-4+. The van der Waals surface area contributed by atoms with Crippen LogP contribution in [0, 0.1) is 6.92 Å². The highest BCUT2D eigenvalue weighted by Gasteiger charge is 2.03. The van der Waals surface area contributed by atoms with Gasteiger partial charge in [0.2, 0.25) is 0 Å². The van der Waals surface area contributed by atoms with Crippen LogP contribution in [0.15, 0.2) is 45.6 Å². The van der Waals surface area contributed by atoms with E-state index in [0.29, 0.717) is 11.3 Å². The molecule has 0 bridgehead atoms. The van der Waals surface area contributed by atoms with E-state index in [1.165, 1.54) is 12.3 Å². The molecule has 0 aliphatic carbocycles. The van der Waals surface area contributed by atoms with Crippen molar-refractivity contribution in [1.82, 2.24) is 4.98 Å². The van der Waals surface area contributed by atoms with Gasteiger partial charge in [0.15, 0.2) is 5.78 Å². The van der Waals surface area contributed by atoms with Crippen LogP contribution in [0.25, 0.3) is 6.08 Å². The molecule has 0 aliphatic heterocycles. The fraction of sp³-hybridized carbons (Fsp3) is 0.0769. The highest BCUT2D eigenvalue weighted by atomic mass is 79.9. The topological polar surface area (TPSA) is 43.1 Å². The molecule has 0 N–H and O–H groups in total. The van der Waals surface area contributed by atoms with Gasteiger partial charge in [0, 0.05) is 22.4 Å². The number of aromatic nitrogens is 1. The number of hydrogen-bond donors (Lipinski definition) is 0. The van der Waals surface area contributed by atoms with Crippen LogP contribution in [0.5, 0.6) is 0 Å². The first kappa shape index (κ1) is 11.8. The van der Waals surface area contributed by atoms with Gasteiger partial charge < -0.3 is 4.42 Å². The maximum atomic E-state index is 11.8. The predicted molar refractivity (Wildman–Crippen MR) is 68.7 cm³/mol. The molecule has 4 heteroatoms. The molecule has 0 amide bonds. The molecule has 2 aromatic rings. The Labute approximate surface area is 107 Å². The minimum absolute atomic E-state index is 0.104. The molecule has 0 saturated heterocycles. The first-order valence-corrected chi connectivity index (χ1v) is 5.84. The summed E-state index contributed by atoms with van der Waals surface area (Å²) < 4.78 is 6.11. The number of ketones is 1. The van der Waals surface area contributed by atoms with Crippen molar-refractivity contribution in [2.75, 3.05) is 0 Å². The second kappa shape index (κ2) is 5.10. The van der Waals surface area contributed by atoms with E-state index in [2.05, 4.69) is 20.9 Å². The fourth-order valence-electron chi connectivity index (χ4n) is 1.34. The van der Waals surface area contributed by atoms with E-state index in [-0.39, 0.29) is 5.78 Å². The molecule has 0 aromatic carbocycles. The minimum Gasteiger partial charge on any atom is -0.462 e. The largest absolute Gasteiger partial charge is 0.462 e. The van der Waals surface area contributed by atoms with Crippen LogP contribution in [-0.2, 0) is 0 Å². The lowest BCUT2D eigenvalue weighted by Gasteiger charge is -1.95. The quantitative estimate of drug-likeness (QED) is 0.640. The Balaban J connectivity index is 2.14. The monoisotopic (exact) mass is 291 g/mol. The molecule has 0 fully saturated rings. The zero-order valence-electron chi connectivity index (χ0n) is 9.18. The van der Waals surface area contributed by atoms with E-state index in [9.17, 15) is 4.79 Å². The number of allylic oxidation sites excluding steroid dienone is 1. The van der Waals surface area contributed by atoms with Gasteiger partial charge in [-0.1, -0.05) is 0 Å². The van der Waals surface area contributed by atoms with Crippen molar-refractivity contribution in [2.24, 2.45) is 0 Å². The van der Waals surface area contributed by atoms with Gasteiger partial charge in [-0.25, -0.2) is 0 Å². The zero-order valence-corrected chi connectivity index (χ0v) is 10.8. The average molecular weight is 292 g/mol. The number of carbonyl (C=O) groups is 1. The number of furan rings is 1. The van der Waals surface area contributed by atoms with Crippen LogP contribution in [0.3, 0.4) is 0 Å². The number of carbonyl (C=O) groups excluding carboxylic acids is 1. The van der Waals surface area contributed by atoms with Gasteiger partial charge in [-0.2, -0.15) is 0 Å². The molecule has 0 atom stereocenters. The van der Waals surface area contributed by atoms with Gasteiger partial charge in [-0.3, -0.25) is 9.78 Å². The zero-order chi connectivity index (χ0) is 12.3. The van der Waals surface area contributed by atoms with Crippen LogP contribution in [-0.4, -0.2) is 10.8 Å². The summed E-state index contributed by atoms with van der Waals surface area (Å²) >= 11 is 3.27. The van der Waals surface area contributed by atoms with Gasteiger partial charge in [-0.05, 0) is 53.2 Å². The molecular weight excluding hydrogens is 282 g/mol. The maximum Gasteiger partial charge on any atom is 0.187 e. The second-order valence-corrected chi connectivity index (χ2v) is 4.45. The number of halogens is 1. The van der Waals surface area contributed by atoms with Crippen molar-refractivity contribution in [3.8, 4) is 0 Å². The van der Waals surface area contributed by atoms with Crippen molar-refractivity contribution in [2.45, 2.75) is 6.92 Å². The first-order valence-electron chi connectivity index (χ1n) is 5.04. The molecule has 3 nitrogen and oxygen atoms in total. The number of aryl methyl sites for hydroxylation is 1. The average Bonchev–Trinajstić information content (AvgIpc) is 2.72. The first-order chi connectivity index (χ1) is 8.15. The van der Waals surface area contributed by atoms with E-state index >= 15 is 0 Å². The van der Waals surface area contributed by atoms with Crippen LogP contribution in [0.4, 0.5) is 0 Å². The molecule has 0 unspecified atom stereocenters. The van der Waals surface area contributed by atoms with E-state index in [1.54, 1.807) is 18.3 Å². The number of nitrogens with zero attached hydrogens (tertiary/aromatic N) is 1. The number of pyridine rings is 1. The molecule has 2 rings (SSSR count). The van der Waals surface area contributed by atoms with Gasteiger partial charge in [0.05, 0.1) is 0 Å². The Kier molecular flexibility index (Phi) is 3.54. The van der Waals surface area contributed by atoms with Crippen molar-refractivity contribution < 1.29 is 9.21 Å². The predicted octanol–water partition coefficient (Wildman–Crippen LogP) is 3.64. The SMILES string of the molecule is Cc1ccc(/C=C/C(=O)c2cncc(Br)c2)o1. The van der Waals surface area contributed by atoms with Crippen LogP contribution in [0.2, 0.25) is 0 Å². The number of hydrogen-bond acceptors (Lipinski definition) is 3. The smallest absolute Gasteiger partial charge is 0.187 e. The summed E-state index contributed by atoms with van der Waals surface area (Å²) in [5.74, 6) is 1.38. The van der Waals surface area contributed by atoms with E-state index in [4.69, 9.17) is 4.42 Å². The van der Waals surface area contributed by atoms with E-state index in [0.717, 1.165) is 10.2 Å². The molecule has 17 heavy (non-hydrogen) atoms. The summed E-state index contributed by atoms with van der Waals surface area (Å²) in [5.41, 5.74) is 0.541. The van der Waals surface area contributed by atoms with Crippen LogP contribution in [0.1, 0.15) is 21.9 Å². The summed E-state index contributed by atoms with van der Waals surface area (Å²) in [6.45, 7) is 1.86. The molecule has 0 radical (unpaired) electrons. The van der Waals surface area contributed by atoms with Crippen LogP contribution < -0.4 is 0 Å². The highest BCUT2D eigenvalue weighted by Crippen LogP contribution is 2.12. The Hall–Kier alpha value is -1.68. The third-order valence-corrected chi connectivity index (χ3v) is 2.58. The Morgan fingerprint density at radius 1 is 1.41 bits per heavy atom. The summed E-state index contributed by atoms with van der Waals surface area (Å²) in [6, 6.07) is 5.40. The third-order valence-electron chi connectivity index (χ3n) is 2.15. The third kappa shape index (κ3) is 3.14. The maximum absolute atomic E-state index is 11.8. The molecular formula is C13H10BrNO2. The lowest BCUT2D eigenvalue weighted by atomic mass is 10.2. The summed E-state index contributed by atoms with van der Waals surface area (Å²) in [4.78, 5) is 15.7. The molecule has 0 saturated carbocycles. The Morgan fingerprint density at radius 3 is 2.88 bits per heavy atom. The Bertz CT molecular complexity index is 572. The van der Waals surface area contributed by atoms with E-state index in [1.807, 2.05) is 19.1 Å². The summed E-state index contributed by atoms with van der Waals surface area (Å²) in [5, 5.41) is 0. The van der Waals surface area contributed by atoms with Crippen molar-refractivity contribution >= 4 is 27.8 Å². The second-order valence-electron chi connectivity index (χ2n) is 3.54. The van der Waals surface area contributed by atoms with Gasteiger partial charge in [0.1, 0.15) is 11.5 Å². The summed E-state index contributed by atoms with van der Waals surface area (Å²) in [7, 11) is 0. The molecule has 0 aliphatic rings. The molecule has 86 valence electrons. The van der Waals surface area contributed by atoms with Crippen LogP contribution >= 0.6 is 15.9 Å². The summed E-state index contributed by atoms with van der Waals surface area (Å²) in [6.07, 6.45) is 6.29. The van der Waals surface area contributed by atoms with Crippen molar-refractivity contribution in [1.29, 1.82) is 0 Å². The normalized spacial score (nSPS) is 10.9. The minimum atomic E-state index is -0.104. The molecule has 0 spiro atoms. The van der Waals surface area contributed by atoms with Crippen molar-refractivity contribution in [3.63, 3.8) is 0 Å².